The number of aryl methyl sites for hydroxylation is 2. The van der Waals surface area contributed by atoms with E-state index in [4.69, 9.17) is 0 Å². The van der Waals surface area contributed by atoms with E-state index in [1.807, 2.05) is 40.7 Å². The number of phenolic OH excluding ortho intramolecular Hbond substituents is 1. The third kappa shape index (κ3) is 3.59. The van der Waals surface area contributed by atoms with Crippen LogP contribution in [0.15, 0.2) is 40.6 Å². The van der Waals surface area contributed by atoms with Crippen molar-refractivity contribution in [2.45, 2.75) is 40.0 Å². The van der Waals surface area contributed by atoms with Crippen molar-refractivity contribution in [1.29, 1.82) is 0 Å². The SMILES string of the molecule is Cc1cc(/N=N/c2cccc(C(C)(C)C)c2O)c([N+](=O)[O-])cc1C. The number of nitro groups is 1. The maximum Gasteiger partial charge on any atom is 0.297 e. The van der Waals surface area contributed by atoms with Gasteiger partial charge >= 0.3 is 0 Å². The predicted molar refractivity (Wildman–Crippen MR) is 93.6 cm³/mol. The second-order valence-corrected chi connectivity index (χ2v) is 6.81. The standard InChI is InChI=1S/C18H21N3O3/c1-11-9-15(16(21(23)24)10-12(11)2)20-19-14-8-6-7-13(17(14)22)18(3,4)5/h6-10,22H,1-5H3/b20-19+. The highest BCUT2D eigenvalue weighted by Gasteiger charge is 2.20. The predicted octanol–water partition coefficient (Wildman–Crippen LogP) is 5.63. The van der Waals surface area contributed by atoms with Crippen molar-refractivity contribution in [1.82, 2.24) is 0 Å². The highest BCUT2D eigenvalue weighted by atomic mass is 16.6. The fraction of sp³-hybridized carbons (Fsp3) is 0.333. The van der Waals surface area contributed by atoms with Crippen molar-refractivity contribution < 1.29 is 10.0 Å². The molecule has 0 unspecified atom stereocenters. The van der Waals surface area contributed by atoms with Crippen LogP contribution in [0.2, 0.25) is 0 Å². The summed E-state index contributed by atoms with van der Waals surface area (Å²) in [6.07, 6.45) is 0. The molecule has 0 bridgehead atoms. The Bertz CT molecular complexity index is 821. The van der Waals surface area contributed by atoms with E-state index < -0.39 is 4.92 Å². The Labute approximate surface area is 141 Å². The molecule has 0 saturated carbocycles. The molecule has 0 atom stereocenters. The van der Waals surface area contributed by atoms with Gasteiger partial charge in [-0.05, 0) is 42.5 Å². The number of hydrogen-bond acceptors (Lipinski definition) is 5. The van der Waals surface area contributed by atoms with Crippen LogP contribution in [-0.4, -0.2) is 10.0 Å². The molecule has 126 valence electrons. The molecule has 0 aromatic heterocycles. The van der Waals surface area contributed by atoms with Gasteiger partial charge in [0, 0.05) is 11.6 Å². The summed E-state index contributed by atoms with van der Waals surface area (Å²) in [4.78, 5) is 10.7. The Balaban J connectivity index is 2.50. The van der Waals surface area contributed by atoms with Crippen molar-refractivity contribution in [2.24, 2.45) is 10.2 Å². The van der Waals surface area contributed by atoms with Crippen molar-refractivity contribution in [3.8, 4) is 5.75 Å². The summed E-state index contributed by atoms with van der Waals surface area (Å²) < 4.78 is 0. The summed E-state index contributed by atoms with van der Waals surface area (Å²) in [5.41, 5.74) is 2.56. The summed E-state index contributed by atoms with van der Waals surface area (Å²) in [6.45, 7) is 9.61. The monoisotopic (exact) mass is 327 g/mol. The molecule has 0 aliphatic heterocycles. The van der Waals surface area contributed by atoms with Crippen molar-refractivity contribution in [2.75, 3.05) is 0 Å². The van der Waals surface area contributed by atoms with Gasteiger partial charge in [0.1, 0.15) is 11.4 Å². The lowest BCUT2D eigenvalue weighted by molar-refractivity contribution is -0.384. The van der Waals surface area contributed by atoms with Gasteiger partial charge in [-0.2, -0.15) is 0 Å². The molecule has 24 heavy (non-hydrogen) atoms. The number of nitrogens with zero attached hydrogens (tertiary/aromatic N) is 3. The van der Waals surface area contributed by atoms with Crippen molar-refractivity contribution in [3.63, 3.8) is 0 Å². The first-order chi connectivity index (χ1) is 11.1. The molecule has 6 nitrogen and oxygen atoms in total. The molecule has 1 N–H and O–H groups in total. The van der Waals surface area contributed by atoms with Gasteiger partial charge in [0.2, 0.25) is 0 Å². The van der Waals surface area contributed by atoms with Crippen LogP contribution in [0.5, 0.6) is 5.75 Å². The molecule has 0 aliphatic carbocycles. The average molecular weight is 327 g/mol. The second kappa shape index (κ2) is 6.39. The fourth-order valence-electron chi connectivity index (χ4n) is 2.34. The first kappa shape index (κ1) is 17.6. The van der Waals surface area contributed by atoms with Gasteiger partial charge in [-0.1, -0.05) is 32.9 Å². The van der Waals surface area contributed by atoms with Crippen LogP contribution in [0, 0.1) is 24.0 Å². The highest BCUT2D eigenvalue weighted by Crippen LogP contribution is 2.39. The Kier molecular flexibility index (Phi) is 4.68. The average Bonchev–Trinajstić information content (AvgIpc) is 2.47. The number of nitro benzene ring substituents is 1. The zero-order valence-corrected chi connectivity index (χ0v) is 14.5. The number of azo groups is 1. The summed E-state index contributed by atoms with van der Waals surface area (Å²) in [5.74, 6) is 0.0419. The van der Waals surface area contributed by atoms with Gasteiger partial charge in [0.25, 0.3) is 5.69 Å². The molecule has 0 saturated heterocycles. The van der Waals surface area contributed by atoms with E-state index in [2.05, 4.69) is 10.2 Å². The minimum atomic E-state index is -0.480. The van der Waals surface area contributed by atoms with E-state index in [9.17, 15) is 15.2 Å². The van der Waals surface area contributed by atoms with E-state index >= 15 is 0 Å². The highest BCUT2D eigenvalue weighted by molar-refractivity contribution is 5.62. The Morgan fingerprint density at radius 2 is 1.62 bits per heavy atom. The fourth-order valence-corrected chi connectivity index (χ4v) is 2.34. The Morgan fingerprint density at radius 1 is 1.04 bits per heavy atom. The lowest BCUT2D eigenvalue weighted by Gasteiger charge is -2.20. The normalized spacial score (nSPS) is 11.9. The largest absolute Gasteiger partial charge is 0.505 e. The van der Waals surface area contributed by atoms with Crippen LogP contribution < -0.4 is 0 Å². The minimum Gasteiger partial charge on any atom is -0.505 e. The van der Waals surface area contributed by atoms with Crippen LogP contribution >= 0.6 is 0 Å². The number of benzene rings is 2. The summed E-state index contributed by atoms with van der Waals surface area (Å²) in [7, 11) is 0. The molecule has 0 fully saturated rings. The van der Waals surface area contributed by atoms with E-state index in [1.54, 1.807) is 18.2 Å². The lowest BCUT2D eigenvalue weighted by atomic mass is 9.86. The molecule has 0 heterocycles. The number of rotatable bonds is 3. The van der Waals surface area contributed by atoms with Crippen LogP contribution in [0.25, 0.3) is 0 Å². The third-order valence-electron chi connectivity index (χ3n) is 3.88. The smallest absolute Gasteiger partial charge is 0.297 e. The zero-order valence-electron chi connectivity index (χ0n) is 14.5. The van der Waals surface area contributed by atoms with Gasteiger partial charge in [0.05, 0.1) is 4.92 Å². The van der Waals surface area contributed by atoms with E-state index in [0.717, 1.165) is 16.7 Å². The molecule has 0 aliphatic rings. The van der Waals surface area contributed by atoms with E-state index in [0.29, 0.717) is 0 Å². The number of aromatic hydroxyl groups is 1. The van der Waals surface area contributed by atoms with Crippen LogP contribution in [0.1, 0.15) is 37.5 Å². The number of para-hydroxylation sites is 1. The molecule has 2 aromatic carbocycles. The molecule has 2 aromatic rings. The maximum atomic E-state index is 11.2. The topological polar surface area (TPSA) is 88.1 Å². The molecule has 6 heteroatoms. The minimum absolute atomic E-state index is 0.0419. The van der Waals surface area contributed by atoms with Gasteiger partial charge in [-0.3, -0.25) is 10.1 Å². The quantitative estimate of drug-likeness (QED) is 0.450. The molecular weight excluding hydrogens is 306 g/mol. The van der Waals surface area contributed by atoms with Crippen LogP contribution in [0.3, 0.4) is 0 Å². The van der Waals surface area contributed by atoms with E-state index in [-0.39, 0.29) is 28.2 Å². The molecule has 0 radical (unpaired) electrons. The molecule has 0 spiro atoms. The summed E-state index contributed by atoms with van der Waals surface area (Å²) in [6, 6.07) is 8.34. The van der Waals surface area contributed by atoms with Gasteiger partial charge in [0.15, 0.2) is 5.69 Å². The summed E-state index contributed by atoms with van der Waals surface area (Å²) in [5, 5.41) is 29.6. The van der Waals surface area contributed by atoms with Crippen molar-refractivity contribution >= 4 is 17.1 Å². The summed E-state index contributed by atoms with van der Waals surface area (Å²) >= 11 is 0. The number of hydrogen-bond donors (Lipinski definition) is 1. The number of phenols is 1. The molecule has 0 amide bonds. The second-order valence-electron chi connectivity index (χ2n) is 6.81. The van der Waals surface area contributed by atoms with Gasteiger partial charge in [-0.15, -0.1) is 10.2 Å². The lowest BCUT2D eigenvalue weighted by Crippen LogP contribution is -2.10. The van der Waals surface area contributed by atoms with Crippen molar-refractivity contribution in [3.05, 3.63) is 57.1 Å². The van der Waals surface area contributed by atoms with Gasteiger partial charge in [-0.25, -0.2) is 0 Å². The molecule has 2 rings (SSSR count). The zero-order chi connectivity index (χ0) is 18.1. The van der Waals surface area contributed by atoms with Crippen LogP contribution in [0.4, 0.5) is 17.1 Å². The van der Waals surface area contributed by atoms with Gasteiger partial charge < -0.3 is 5.11 Å². The first-order valence-corrected chi connectivity index (χ1v) is 7.61. The first-order valence-electron chi connectivity index (χ1n) is 7.61. The van der Waals surface area contributed by atoms with E-state index in [1.165, 1.54) is 6.07 Å². The molecular formula is C18H21N3O3. The maximum absolute atomic E-state index is 11.2. The Morgan fingerprint density at radius 3 is 2.21 bits per heavy atom. The third-order valence-corrected chi connectivity index (χ3v) is 3.88. The van der Waals surface area contributed by atoms with Crippen LogP contribution in [-0.2, 0) is 5.41 Å². The Hall–Kier alpha value is -2.76.